The molecule has 27 heavy (non-hydrogen) atoms. The number of hydrogen-bond acceptors (Lipinski definition) is 4. The SMILES string of the molecule is NCCCCN(C[C@@H]1CCC2C=CC=CC2N1)[C@H]1CCCc2cccnc21. The Kier molecular flexibility index (Phi) is 6.38. The molecule has 1 aliphatic heterocycles. The van der Waals surface area contributed by atoms with E-state index in [1.54, 1.807) is 0 Å². The topological polar surface area (TPSA) is 54.2 Å². The Labute approximate surface area is 163 Å². The molecule has 1 aromatic rings. The zero-order chi connectivity index (χ0) is 18.5. The van der Waals surface area contributed by atoms with Crippen LogP contribution in [0.4, 0.5) is 0 Å². The van der Waals surface area contributed by atoms with Crippen molar-refractivity contribution in [2.45, 2.75) is 63.1 Å². The van der Waals surface area contributed by atoms with Gasteiger partial charge in [-0.25, -0.2) is 0 Å². The van der Waals surface area contributed by atoms with Crippen LogP contribution in [0.3, 0.4) is 0 Å². The molecule has 1 fully saturated rings. The quantitative estimate of drug-likeness (QED) is 0.727. The minimum absolute atomic E-state index is 0.467. The second-order valence-corrected chi connectivity index (χ2v) is 8.35. The molecule has 0 spiro atoms. The van der Waals surface area contributed by atoms with E-state index in [1.165, 1.54) is 49.8 Å². The second kappa shape index (κ2) is 9.13. The lowest BCUT2D eigenvalue weighted by molar-refractivity contribution is 0.136. The molecule has 1 saturated heterocycles. The molecule has 4 nitrogen and oxygen atoms in total. The number of nitrogens with two attached hydrogens (primary N) is 1. The maximum absolute atomic E-state index is 5.77. The number of aromatic nitrogens is 1. The van der Waals surface area contributed by atoms with Crippen LogP contribution >= 0.6 is 0 Å². The third-order valence-electron chi connectivity index (χ3n) is 6.49. The van der Waals surface area contributed by atoms with Gasteiger partial charge in [-0.1, -0.05) is 30.4 Å². The smallest absolute Gasteiger partial charge is 0.0607 e. The number of unbranched alkanes of at least 4 members (excludes halogenated alkanes) is 1. The van der Waals surface area contributed by atoms with E-state index >= 15 is 0 Å². The Morgan fingerprint density at radius 1 is 1.15 bits per heavy atom. The molecule has 2 aliphatic carbocycles. The first-order chi connectivity index (χ1) is 13.3. The summed E-state index contributed by atoms with van der Waals surface area (Å²) in [5, 5.41) is 3.91. The van der Waals surface area contributed by atoms with Gasteiger partial charge in [0, 0.05) is 24.8 Å². The largest absolute Gasteiger partial charge is 0.330 e. The van der Waals surface area contributed by atoms with Crippen molar-refractivity contribution in [3.8, 4) is 0 Å². The van der Waals surface area contributed by atoms with Crippen molar-refractivity contribution in [3.63, 3.8) is 0 Å². The third kappa shape index (κ3) is 4.50. The first kappa shape index (κ1) is 18.9. The Morgan fingerprint density at radius 3 is 3.00 bits per heavy atom. The van der Waals surface area contributed by atoms with Crippen LogP contribution in [0.2, 0.25) is 0 Å². The number of allylic oxidation sites excluding steroid dienone is 2. The number of piperidine rings is 1. The van der Waals surface area contributed by atoms with E-state index in [9.17, 15) is 0 Å². The monoisotopic (exact) mass is 366 g/mol. The highest BCUT2D eigenvalue weighted by atomic mass is 15.2. The highest BCUT2D eigenvalue weighted by molar-refractivity contribution is 5.26. The van der Waals surface area contributed by atoms with Crippen molar-refractivity contribution in [2.24, 2.45) is 11.7 Å². The standard InChI is InChI=1S/C23H34N4/c24-14-3-4-16-27(22-11-5-8-19-9-6-15-25-23(19)22)17-20-13-12-18-7-1-2-10-21(18)26-20/h1-2,6-7,9-10,15,18,20-22,26H,3-5,8,11-14,16-17,24H2/t18?,20-,21?,22-/m0/s1. The molecule has 0 bridgehead atoms. The summed E-state index contributed by atoms with van der Waals surface area (Å²) in [4.78, 5) is 7.51. The summed E-state index contributed by atoms with van der Waals surface area (Å²) < 4.78 is 0. The number of hydrogen-bond donors (Lipinski definition) is 2. The summed E-state index contributed by atoms with van der Waals surface area (Å²) in [5.41, 5.74) is 8.55. The molecule has 3 aliphatic rings. The van der Waals surface area contributed by atoms with E-state index in [0.29, 0.717) is 24.0 Å². The Bertz CT molecular complexity index is 668. The summed E-state index contributed by atoms with van der Waals surface area (Å²) in [6, 6.07) is 5.90. The number of nitrogens with zero attached hydrogens (tertiary/aromatic N) is 2. The highest BCUT2D eigenvalue weighted by Gasteiger charge is 2.32. The van der Waals surface area contributed by atoms with Crippen molar-refractivity contribution >= 4 is 0 Å². The molecule has 3 N–H and O–H groups in total. The molecule has 146 valence electrons. The van der Waals surface area contributed by atoms with E-state index in [-0.39, 0.29) is 0 Å². The van der Waals surface area contributed by atoms with Crippen LogP contribution in [-0.4, -0.2) is 41.6 Å². The average molecular weight is 367 g/mol. The summed E-state index contributed by atoms with van der Waals surface area (Å²) in [5.74, 6) is 0.675. The molecule has 0 radical (unpaired) electrons. The Morgan fingerprint density at radius 2 is 2.07 bits per heavy atom. The van der Waals surface area contributed by atoms with E-state index in [0.717, 1.165) is 26.1 Å². The number of nitrogens with one attached hydrogen (secondary N) is 1. The van der Waals surface area contributed by atoms with E-state index in [2.05, 4.69) is 46.7 Å². The van der Waals surface area contributed by atoms with Crippen LogP contribution in [0.15, 0.2) is 42.6 Å². The van der Waals surface area contributed by atoms with Gasteiger partial charge >= 0.3 is 0 Å². The van der Waals surface area contributed by atoms with Gasteiger partial charge in [0.25, 0.3) is 0 Å². The van der Waals surface area contributed by atoms with Crippen LogP contribution in [0.5, 0.6) is 0 Å². The van der Waals surface area contributed by atoms with Crippen LogP contribution < -0.4 is 11.1 Å². The van der Waals surface area contributed by atoms with Gasteiger partial charge in [-0.3, -0.25) is 9.88 Å². The Hall–Kier alpha value is -1.49. The predicted molar refractivity (Wildman–Crippen MR) is 111 cm³/mol. The van der Waals surface area contributed by atoms with Crippen molar-refractivity contribution in [3.05, 3.63) is 53.9 Å². The minimum Gasteiger partial charge on any atom is -0.330 e. The predicted octanol–water partition coefficient (Wildman–Crippen LogP) is 3.36. The number of fused-ring (bicyclic) bond motifs is 2. The zero-order valence-corrected chi connectivity index (χ0v) is 16.4. The van der Waals surface area contributed by atoms with E-state index in [1.807, 2.05) is 6.20 Å². The van der Waals surface area contributed by atoms with Gasteiger partial charge in [0.05, 0.1) is 11.7 Å². The van der Waals surface area contributed by atoms with Gasteiger partial charge in [0.15, 0.2) is 0 Å². The lowest BCUT2D eigenvalue weighted by Gasteiger charge is -2.41. The lowest BCUT2D eigenvalue weighted by atomic mass is 9.84. The van der Waals surface area contributed by atoms with Crippen molar-refractivity contribution in [1.29, 1.82) is 0 Å². The lowest BCUT2D eigenvalue weighted by Crippen LogP contribution is -2.52. The molecule has 1 aromatic heterocycles. The number of pyridine rings is 1. The molecule has 4 heteroatoms. The molecule has 4 rings (SSSR count). The van der Waals surface area contributed by atoms with Crippen LogP contribution in [0, 0.1) is 5.92 Å². The molecule has 4 atom stereocenters. The van der Waals surface area contributed by atoms with Crippen LogP contribution in [0.25, 0.3) is 0 Å². The van der Waals surface area contributed by atoms with Gasteiger partial charge in [0.2, 0.25) is 0 Å². The van der Waals surface area contributed by atoms with Gasteiger partial charge < -0.3 is 11.1 Å². The van der Waals surface area contributed by atoms with Gasteiger partial charge in [0.1, 0.15) is 0 Å². The van der Waals surface area contributed by atoms with Crippen molar-refractivity contribution < 1.29 is 0 Å². The van der Waals surface area contributed by atoms with Gasteiger partial charge in [-0.05, 0) is 75.6 Å². The van der Waals surface area contributed by atoms with Crippen LogP contribution in [0.1, 0.15) is 55.8 Å². The first-order valence-electron chi connectivity index (χ1n) is 10.8. The Balaban J connectivity index is 1.46. The summed E-state index contributed by atoms with van der Waals surface area (Å²) in [6.45, 7) is 3.03. The molecular formula is C23H34N4. The molecule has 2 unspecified atom stereocenters. The average Bonchev–Trinajstić information content (AvgIpc) is 2.73. The van der Waals surface area contributed by atoms with Gasteiger partial charge in [-0.15, -0.1) is 0 Å². The molecule has 0 saturated carbocycles. The van der Waals surface area contributed by atoms with E-state index in [4.69, 9.17) is 10.7 Å². The van der Waals surface area contributed by atoms with Crippen LogP contribution in [-0.2, 0) is 6.42 Å². The summed E-state index contributed by atoms with van der Waals surface area (Å²) in [7, 11) is 0. The maximum atomic E-state index is 5.77. The fraction of sp³-hybridized carbons (Fsp3) is 0.609. The molecule has 2 heterocycles. The summed E-state index contributed by atoms with van der Waals surface area (Å²) >= 11 is 0. The normalized spacial score (nSPS) is 29.6. The van der Waals surface area contributed by atoms with Gasteiger partial charge in [-0.2, -0.15) is 0 Å². The fourth-order valence-corrected chi connectivity index (χ4v) is 5.06. The number of rotatable bonds is 7. The second-order valence-electron chi connectivity index (χ2n) is 8.35. The van der Waals surface area contributed by atoms with Crippen molar-refractivity contribution in [1.82, 2.24) is 15.2 Å². The maximum Gasteiger partial charge on any atom is 0.0607 e. The zero-order valence-electron chi connectivity index (χ0n) is 16.4. The molecule has 0 amide bonds. The summed E-state index contributed by atoms with van der Waals surface area (Å²) in [6.07, 6.45) is 19.6. The molecular weight excluding hydrogens is 332 g/mol. The third-order valence-corrected chi connectivity index (χ3v) is 6.49. The fourth-order valence-electron chi connectivity index (χ4n) is 5.06. The number of aryl methyl sites for hydroxylation is 1. The van der Waals surface area contributed by atoms with E-state index < -0.39 is 0 Å². The minimum atomic E-state index is 0.467. The first-order valence-corrected chi connectivity index (χ1v) is 10.8. The molecule has 0 aromatic carbocycles. The van der Waals surface area contributed by atoms with Crippen molar-refractivity contribution in [2.75, 3.05) is 19.6 Å². The highest BCUT2D eigenvalue weighted by Crippen LogP contribution is 2.34.